The van der Waals surface area contributed by atoms with Gasteiger partial charge in [-0.25, -0.2) is 4.79 Å². The lowest BCUT2D eigenvalue weighted by Gasteiger charge is -2.34. The molecule has 3 fully saturated rings. The number of nitrogens with zero attached hydrogens (tertiary/aromatic N) is 1. The molecule has 2 saturated carbocycles. The number of ether oxygens (including phenoxy) is 1. The van der Waals surface area contributed by atoms with Crippen molar-refractivity contribution >= 4 is 6.09 Å². The predicted molar refractivity (Wildman–Crippen MR) is 83.2 cm³/mol. The minimum absolute atomic E-state index is 0.155. The number of amides is 1. The molecule has 120 valence electrons. The van der Waals surface area contributed by atoms with Gasteiger partial charge in [0.2, 0.25) is 0 Å². The number of rotatable bonds is 4. The van der Waals surface area contributed by atoms with E-state index in [-0.39, 0.29) is 6.09 Å². The molecular weight excluding hydrogens is 264 g/mol. The van der Waals surface area contributed by atoms with E-state index in [9.17, 15) is 4.79 Å². The van der Waals surface area contributed by atoms with Crippen molar-refractivity contribution in [2.45, 2.75) is 70.9 Å². The molecule has 0 aromatic rings. The Balaban J connectivity index is 1.38. The fourth-order valence-electron chi connectivity index (χ4n) is 3.53. The third kappa shape index (κ3) is 3.91. The van der Waals surface area contributed by atoms with Gasteiger partial charge in [-0.1, -0.05) is 0 Å². The zero-order valence-electron chi connectivity index (χ0n) is 13.8. The first-order chi connectivity index (χ1) is 9.88. The van der Waals surface area contributed by atoms with Crippen LogP contribution in [-0.4, -0.2) is 42.3 Å². The minimum Gasteiger partial charge on any atom is -0.444 e. The second-order valence-electron chi connectivity index (χ2n) is 8.26. The molecule has 4 nitrogen and oxygen atoms in total. The monoisotopic (exact) mass is 294 g/mol. The molecule has 3 aliphatic rings. The van der Waals surface area contributed by atoms with Crippen molar-refractivity contribution in [3.05, 3.63) is 0 Å². The van der Waals surface area contributed by atoms with Crippen LogP contribution in [-0.2, 0) is 4.74 Å². The van der Waals surface area contributed by atoms with E-state index >= 15 is 0 Å². The summed E-state index contributed by atoms with van der Waals surface area (Å²) in [5, 5.41) is 3.77. The van der Waals surface area contributed by atoms with Gasteiger partial charge in [0.1, 0.15) is 5.60 Å². The number of carbonyl (C=O) groups is 1. The van der Waals surface area contributed by atoms with Crippen molar-refractivity contribution in [2.24, 2.45) is 11.3 Å². The highest BCUT2D eigenvalue weighted by atomic mass is 16.6. The number of likely N-dealkylation sites (tertiary alicyclic amines) is 1. The Morgan fingerprint density at radius 3 is 2.29 bits per heavy atom. The third-order valence-corrected chi connectivity index (χ3v) is 5.23. The van der Waals surface area contributed by atoms with Gasteiger partial charge in [-0.3, -0.25) is 0 Å². The zero-order chi connectivity index (χ0) is 15.1. The van der Waals surface area contributed by atoms with Gasteiger partial charge in [0.15, 0.2) is 0 Å². The first-order valence-electron chi connectivity index (χ1n) is 8.59. The molecule has 1 amide bonds. The highest BCUT2D eigenvalue weighted by Crippen LogP contribution is 2.60. The number of hydrogen-bond donors (Lipinski definition) is 1. The average Bonchev–Trinajstić information content (AvgIpc) is 3.26. The van der Waals surface area contributed by atoms with Gasteiger partial charge in [-0.05, 0) is 70.6 Å². The van der Waals surface area contributed by atoms with Crippen molar-refractivity contribution in [3.63, 3.8) is 0 Å². The topological polar surface area (TPSA) is 41.6 Å². The Labute approximate surface area is 128 Å². The second-order valence-corrected chi connectivity index (χ2v) is 8.26. The van der Waals surface area contributed by atoms with Crippen molar-refractivity contribution in [3.8, 4) is 0 Å². The SMILES string of the molecule is CC(C)(C)OC(=O)N1CCC(NCC2(C3CC3)CC2)CC1. The Hall–Kier alpha value is -0.770. The molecule has 0 aromatic heterocycles. The first-order valence-corrected chi connectivity index (χ1v) is 8.59. The minimum atomic E-state index is -0.394. The van der Waals surface area contributed by atoms with Gasteiger partial charge in [-0.15, -0.1) is 0 Å². The maximum atomic E-state index is 12.0. The number of hydrogen-bond acceptors (Lipinski definition) is 3. The van der Waals surface area contributed by atoms with Crippen LogP contribution in [0.25, 0.3) is 0 Å². The average molecular weight is 294 g/mol. The lowest BCUT2D eigenvalue weighted by atomic mass is 9.98. The van der Waals surface area contributed by atoms with Gasteiger partial charge in [0, 0.05) is 25.7 Å². The third-order valence-electron chi connectivity index (χ3n) is 5.23. The highest BCUT2D eigenvalue weighted by molar-refractivity contribution is 5.68. The molecule has 1 N–H and O–H groups in total. The number of nitrogens with one attached hydrogen (secondary N) is 1. The van der Waals surface area contributed by atoms with Crippen LogP contribution in [0, 0.1) is 11.3 Å². The second kappa shape index (κ2) is 5.45. The van der Waals surface area contributed by atoms with Crippen LogP contribution in [0.5, 0.6) is 0 Å². The highest BCUT2D eigenvalue weighted by Gasteiger charge is 2.53. The Kier molecular flexibility index (Phi) is 3.93. The normalized spacial score (nSPS) is 25.8. The van der Waals surface area contributed by atoms with E-state index in [1.807, 2.05) is 25.7 Å². The molecule has 1 heterocycles. The van der Waals surface area contributed by atoms with E-state index in [2.05, 4.69) is 5.32 Å². The summed E-state index contributed by atoms with van der Waals surface area (Å²) in [6, 6.07) is 0.583. The molecule has 21 heavy (non-hydrogen) atoms. The van der Waals surface area contributed by atoms with Crippen LogP contribution in [0.2, 0.25) is 0 Å². The molecule has 4 heteroatoms. The van der Waals surface area contributed by atoms with E-state index in [0.717, 1.165) is 31.8 Å². The molecule has 0 spiro atoms. The zero-order valence-corrected chi connectivity index (χ0v) is 13.8. The van der Waals surface area contributed by atoms with Crippen LogP contribution in [0.15, 0.2) is 0 Å². The molecule has 0 aromatic carbocycles. The van der Waals surface area contributed by atoms with Crippen LogP contribution in [0.3, 0.4) is 0 Å². The smallest absolute Gasteiger partial charge is 0.410 e. The van der Waals surface area contributed by atoms with Crippen molar-refractivity contribution in [2.75, 3.05) is 19.6 Å². The van der Waals surface area contributed by atoms with Crippen LogP contribution in [0.1, 0.15) is 59.3 Å². The summed E-state index contributed by atoms with van der Waals surface area (Å²) in [6.07, 6.45) is 7.73. The molecule has 1 aliphatic heterocycles. The van der Waals surface area contributed by atoms with Crippen LogP contribution >= 0.6 is 0 Å². The van der Waals surface area contributed by atoms with E-state index in [4.69, 9.17) is 4.74 Å². The lowest BCUT2D eigenvalue weighted by molar-refractivity contribution is 0.0197. The summed E-state index contributed by atoms with van der Waals surface area (Å²) in [5.74, 6) is 1.02. The lowest BCUT2D eigenvalue weighted by Crippen LogP contribution is -2.47. The Morgan fingerprint density at radius 1 is 1.19 bits per heavy atom. The Bertz CT molecular complexity index is 386. The summed E-state index contributed by atoms with van der Waals surface area (Å²) >= 11 is 0. The molecule has 0 atom stereocenters. The molecular formula is C17H30N2O2. The quantitative estimate of drug-likeness (QED) is 0.866. The van der Waals surface area contributed by atoms with Crippen molar-refractivity contribution in [1.29, 1.82) is 0 Å². The van der Waals surface area contributed by atoms with Gasteiger partial charge >= 0.3 is 6.09 Å². The first kappa shape index (κ1) is 15.1. The molecule has 0 bridgehead atoms. The van der Waals surface area contributed by atoms with Crippen LogP contribution in [0.4, 0.5) is 4.79 Å². The van der Waals surface area contributed by atoms with Gasteiger partial charge < -0.3 is 15.0 Å². The summed E-state index contributed by atoms with van der Waals surface area (Å²) in [6.45, 7) is 8.62. The molecule has 0 radical (unpaired) electrons. The summed E-state index contributed by atoms with van der Waals surface area (Å²) in [5.41, 5.74) is 0.275. The standard InChI is InChI=1S/C17H30N2O2/c1-16(2,3)21-15(20)19-10-6-14(7-11-19)18-12-17(8-9-17)13-4-5-13/h13-14,18H,4-12H2,1-3H3. The molecule has 3 rings (SSSR count). The fraction of sp³-hybridized carbons (Fsp3) is 0.941. The van der Waals surface area contributed by atoms with E-state index in [1.165, 1.54) is 32.2 Å². The maximum absolute atomic E-state index is 12.0. The summed E-state index contributed by atoms with van der Waals surface area (Å²) in [4.78, 5) is 13.9. The van der Waals surface area contributed by atoms with Gasteiger partial charge in [0.25, 0.3) is 0 Å². The van der Waals surface area contributed by atoms with E-state index in [0.29, 0.717) is 11.5 Å². The fourth-order valence-corrected chi connectivity index (χ4v) is 3.53. The van der Waals surface area contributed by atoms with Gasteiger partial charge in [0.05, 0.1) is 0 Å². The molecule has 2 aliphatic carbocycles. The Morgan fingerprint density at radius 2 is 1.81 bits per heavy atom. The summed E-state index contributed by atoms with van der Waals surface area (Å²) in [7, 11) is 0. The maximum Gasteiger partial charge on any atom is 0.410 e. The number of carbonyl (C=O) groups excluding carboxylic acids is 1. The van der Waals surface area contributed by atoms with Crippen LogP contribution < -0.4 is 5.32 Å². The van der Waals surface area contributed by atoms with E-state index < -0.39 is 5.60 Å². The van der Waals surface area contributed by atoms with Crippen molar-refractivity contribution in [1.82, 2.24) is 10.2 Å². The predicted octanol–water partition coefficient (Wildman–Crippen LogP) is 3.17. The summed E-state index contributed by atoms with van der Waals surface area (Å²) < 4.78 is 5.44. The molecule has 0 unspecified atom stereocenters. The molecule has 1 saturated heterocycles. The number of piperidine rings is 1. The largest absolute Gasteiger partial charge is 0.444 e. The van der Waals surface area contributed by atoms with E-state index in [1.54, 1.807) is 0 Å². The van der Waals surface area contributed by atoms with Crippen molar-refractivity contribution < 1.29 is 9.53 Å². The van der Waals surface area contributed by atoms with Gasteiger partial charge in [-0.2, -0.15) is 0 Å².